The van der Waals surface area contributed by atoms with E-state index in [9.17, 15) is 23.5 Å². The summed E-state index contributed by atoms with van der Waals surface area (Å²) < 4.78 is 26.9. The van der Waals surface area contributed by atoms with Gasteiger partial charge in [-0.05, 0) is 36.4 Å². The number of benzene rings is 2. The summed E-state index contributed by atoms with van der Waals surface area (Å²) in [6.07, 6.45) is 0. The van der Waals surface area contributed by atoms with Crippen molar-refractivity contribution in [1.82, 2.24) is 0 Å². The molecule has 0 bridgehead atoms. The Morgan fingerprint density at radius 3 is 2.14 bits per heavy atom. The molecular formula is C15H12F2N2O3. The lowest BCUT2D eigenvalue weighted by atomic mass is 10.2. The molecule has 2 amide bonds. The molecule has 0 radical (unpaired) electrons. The fraction of sp³-hybridized carbons (Fsp3) is 0.0667. The topological polar surface area (TPSA) is 69.6 Å². The number of hydrogen-bond donors (Lipinski definition) is 2. The molecule has 0 aliphatic heterocycles. The van der Waals surface area contributed by atoms with E-state index in [4.69, 9.17) is 0 Å². The number of anilines is 2. The molecule has 0 saturated heterocycles. The van der Waals surface area contributed by atoms with Crippen LogP contribution in [0.25, 0.3) is 0 Å². The molecule has 2 aromatic carbocycles. The fourth-order valence-corrected chi connectivity index (χ4v) is 1.73. The quantitative estimate of drug-likeness (QED) is 0.836. The van der Waals surface area contributed by atoms with Crippen LogP contribution in [0.1, 0.15) is 0 Å². The molecule has 0 saturated carbocycles. The van der Waals surface area contributed by atoms with E-state index in [1.165, 1.54) is 31.3 Å². The second-order valence-corrected chi connectivity index (χ2v) is 4.43. The van der Waals surface area contributed by atoms with Crippen LogP contribution >= 0.6 is 0 Å². The van der Waals surface area contributed by atoms with E-state index in [2.05, 4.69) is 0 Å². The maximum Gasteiger partial charge on any atom is 0.316 e. The third-order valence-corrected chi connectivity index (χ3v) is 2.94. The molecule has 22 heavy (non-hydrogen) atoms. The van der Waals surface area contributed by atoms with E-state index in [-0.39, 0.29) is 5.75 Å². The van der Waals surface area contributed by atoms with E-state index in [1.807, 2.05) is 5.32 Å². The van der Waals surface area contributed by atoms with Crippen LogP contribution in [0.15, 0.2) is 42.5 Å². The van der Waals surface area contributed by atoms with Gasteiger partial charge in [-0.1, -0.05) is 6.07 Å². The van der Waals surface area contributed by atoms with Gasteiger partial charge in [0.15, 0.2) is 0 Å². The molecule has 0 aromatic heterocycles. The molecule has 0 unspecified atom stereocenters. The van der Waals surface area contributed by atoms with Gasteiger partial charge in [-0.15, -0.1) is 0 Å². The molecule has 2 rings (SSSR count). The lowest BCUT2D eigenvalue weighted by Gasteiger charge is -2.17. The van der Waals surface area contributed by atoms with Crippen molar-refractivity contribution in [2.45, 2.75) is 0 Å². The summed E-state index contributed by atoms with van der Waals surface area (Å²) in [6, 6.07) is 8.60. The Bertz CT molecular complexity index is 697. The highest BCUT2D eigenvalue weighted by atomic mass is 19.1. The van der Waals surface area contributed by atoms with Gasteiger partial charge in [-0.3, -0.25) is 9.59 Å². The van der Waals surface area contributed by atoms with E-state index in [0.717, 1.165) is 23.1 Å². The van der Waals surface area contributed by atoms with Gasteiger partial charge in [0.25, 0.3) is 0 Å². The van der Waals surface area contributed by atoms with Gasteiger partial charge in [0.1, 0.15) is 23.1 Å². The number of phenols is 1. The molecule has 0 atom stereocenters. The van der Waals surface area contributed by atoms with Crippen LogP contribution in [0.3, 0.4) is 0 Å². The Hall–Kier alpha value is -2.96. The molecule has 5 nitrogen and oxygen atoms in total. The number of likely N-dealkylation sites (N-methyl/N-ethyl adjacent to an activating group) is 1. The second kappa shape index (κ2) is 6.21. The largest absolute Gasteiger partial charge is 0.508 e. The van der Waals surface area contributed by atoms with Gasteiger partial charge in [0.05, 0.1) is 0 Å². The summed E-state index contributed by atoms with van der Waals surface area (Å²) in [5.74, 6) is -4.14. The number of amides is 2. The van der Waals surface area contributed by atoms with E-state index < -0.39 is 29.1 Å². The predicted molar refractivity (Wildman–Crippen MR) is 76.5 cm³/mol. The number of nitrogens with zero attached hydrogens (tertiary/aromatic N) is 1. The number of hydrogen-bond acceptors (Lipinski definition) is 3. The van der Waals surface area contributed by atoms with Crippen molar-refractivity contribution in [2.75, 3.05) is 17.3 Å². The van der Waals surface area contributed by atoms with Crippen LogP contribution in [-0.4, -0.2) is 24.0 Å². The number of aromatic hydroxyl groups is 1. The van der Waals surface area contributed by atoms with E-state index in [1.54, 1.807) is 0 Å². The molecule has 0 spiro atoms. The van der Waals surface area contributed by atoms with Gasteiger partial charge < -0.3 is 15.3 Å². The minimum Gasteiger partial charge on any atom is -0.508 e. The Balaban J connectivity index is 2.15. The molecule has 7 heteroatoms. The summed E-state index contributed by atoms with van der Waals surface area (Å²) in [5, 5.41) is 11.1. The van der Waals surface area contributed by atoms with Crippen molar-refractivity contribution in [3.63, 3.8) is 0 Å². The summed E-state index contributed by atoms with van der Waals surface area (Å²) in [4.78, 5) is 24.8. The first-order chi connectivity index (χ1) is 10.4. The van der Waals surface area contributed by atoms with Crippen molar-refractivity contribution in [3.05, 3.63) is 54.1 Å². The maximum atomic E-state index is 13.4. The average molecular weight is 306 g/mol. The first-order valence-electron chi connectivity index (χ1n) is 6.22. The molecule has 0 aliphatic carbocycles. The predicted octanol–water partition coefficient (Wildman–Crippen LogP) is 2.27. The third-order valence-electron chi connectivity index (χ3n) is 2.94. The highest BCUT2D eigenvalue weighted by Crippen LogP contribution is 2.20. The zero-order valence-electron chi connectivity index (χ0n) is 11.5. The number of para-hydroxylation sites is 1. The SMILES string of the molecule is CN(C(=O)C(=O)Nc1c(F)cccc1F)c1ccc(O)cc1. The molecular weight excluding hydrogens is 294 g/mol. The average Bonchev–Trinajstić information content (AvgIpc) is 2.50. The highest BCUT2D eigenvalue weighted by molar-refractivity contribution is 6.44. The number of rotatable bonds is 2. The third kappa shape index (κ3) is 3.20. The maximum absolute atomic E-state index is 13.4. The number of phenolic OH excluding ortho intramolecular Hbond substituents is 1. The smallest absolute Gasteiger partial charge is 0.316 e. The lowest BCUT2D eigenvalue weighted by Crippen LogP contribution is -2.37. The first-order valence-corrected chi connectivity index (χ1v) is 6.22. The Morgan fingerprint density at radius 1 is 1.05 bits per heavy atom. The minimum atomic E-state index is -1.18. The van der Waals surface area contributed by atoms with Gasteiger partial charge >= 0.3 is 11.8 Å². The van der Waals surface area contributed by atoms with Crippen LogP contribution in [0.4, 0.5) is 20.2 Å². The van der Waals surface area contributed by atoms with Gasteiger partial charge in [-0.2, -0.15) is 0 Å². The van der Waals surface area contributed by atoms with Crippen LogP contribution in [0.2, 0.25) is 0 Å². The van der Waals surface area contributed by atoms with Crippen molar-refractivity contribution in [3.8, 4) is 5.75 Å². The Morgan fingerprint density at radius 2 is 1.59 bits per heavy atom. The van der Waals surface area contributed by atoms with Crippen molar-refractivity contribution < 1.29 is 23.5 Å². The van der Waals surface area contributed by atoms with Crippen LogP contribution in [-0.2, 0) is 9.59 Å². The Labute approximate surface area is 124 Å². The molecule has 2 N–H and O–H groups in total. The molecule has 114 valence electrons. The zero-order chi connectivity index (χ0) is 16.3. The minimum absolute atomic E-state index is 0.00229. The first kappa shape index (κ1) is 15.4. The number of halogens is 2. The molecule has 0 heterocycles. The van der Waals surface area contributed by atoms with Gasteiger partial charge in [-0.25, -0.2) is 8.78 Å². The van der Waals surface area contributed by atoms with Crippen LogP contribution in [0.5, 0.6) is 5.75 Å². The van der Waals surface area contributed by atoms with E-state index in [0.29, 0.717) is 5.69 Å². The number of carbonyl (C=O) groups is 2. The monoisotopic (exact) mass is 306 g/mol. The summed E-state index contributed by atoms with van der Waals surface area (Å²) >= 11 is 0. The summed E-state index contributed by atoms with van der Waals surface area (Å²) in [6.45, 7) is 0. The summed E-state index contributed by atoms with van der Waals surface area (Å²) in [5.41, 5.74) is -0.341. The second-order valence-electron chi connectivity index (χ2n) is 4.43. The van der Waals surface area contributed by atoms with Crippen molar-refractivity contribution in [2.24, 2.45) is 0 Å². The Kier molecular flexibility index (Phi) is 4.36. The van der Waals surface area contributed by atoms with Gasteiger partial charge in [0, 0.05) is 12.7 Å². The van der Waals surface area contributed by atoms with Crippen molar-refractivity contribution in [1.29, 1.82) is 0 Å². The van der Waals surface area contributed by atoms with Crippen LogP contribution in [0, 0.1) is 11.6 Å². The number of nitrogens with one attached hydrogen (secondary N) is 1. The fourth-order valence-electron chi connectivity index (χ4n) is 1.73. The van der Waals surface area contributed by atoms with Crippen LogP contribution < -0.4 is 10.2 Å². The molecule has 0 aliphatic rings. The zero-order valence-corrected chi connectivity index (χ0v) is 11.5. The molecule has 2 aromatic rings. The lowest BCUT2D eigenvalue weighted by molar-refractivity contribution is -0.134. The molecule has 0 fully saturated rings. The summed E-state index contributed by atoms with van der Waals surface area (Å²) in [7, 11) is 1.33. The van der Waals surface area contributed by atoms with Gasteiger partial charge in [0.2, 0.25) is 0 Å². The van der Waals surface area contributed by atoms with Crippen molar-refractivity contribution >= 4 is 23.2 Å². The van der Waals surface area contributed by atoms with E-state index >= 15 is 0 Å². The normalized spacial score (nSPS) is 10.1. The number of carbonyl (C=O) groups excluding carboxylic acids is 2. The highest BCUT2D eigenvalue weighted by Gasteiger charge is 2.22. The standard InChI is InChI=1S/C15H12F2N2O3/c1-19(9-5-7-10(20)8-6-9)15(22)14(21)18-13-11(16)3-2-4-12(13)17/h2-8,20H,1H3,(H,18,21).